The van der Waals surface area contributed by atoms with Crippen molar-refractivity contribution >= 4 is 51.9 Å². The Hall–Kier alpha value is -3.99. The molecule has 1 saturated carbocycles. The van der Waals surface area contributed by atoms with Gasteiger partial charge in [-0.2, -0.15) is 4.98 Å². The third kappa shape index (κ3) is 5.76. The number of nitrogens with one attached hydrogen (secondary N) is 2. The lowest BCUT2D eigenvalue weighted by atomic mass is 9.85. The maximum atomic E-state index is 14.7. The van der Waals surface area contributed by atoms with Crippen molar-refractivity contribution in [1.29, 1.82) is 0 Å². The highest BCUT2D eigenvalue weighted by Gasteiger charge is 2.30. The highest BCUT2D eigenvalue weighted by molar-refractivity contribution is 6.33. The summed E-state index contributed by atoms with van der Waals surface area (Å²) in [6.45, 7) is 1.80. The van der Waals surface area contributed by atoms with Crippen LogP contribution in [0.3, 0.4) is 0 Å². The molecule has 0 bridgehead atoms. The van der Waals surface area contributed by atoms with E-state index in [9.17, 15) is 13.6 Å². The van der Waals surface area contributed by atoms with Crippen LogP contribution in [0.1, 0.15) is 44.6 Å². The molecule has 2 aromatic carbocycles. The average molecular weight is 581 g/mol. The molecule has 12 heteroatoms. The Kier molecular flexibility index (Phi) is 7.61. The zero-order valence-corrected chi connectivity index (χ0v) is 23.1. The maximum absolute atomic E-state index is 14.7. The van der Waals surface area contributed by atoms with Crippen LogP contribution < -0.4 is 21.3 Å². The van der Waals surface area contributed by atoms with Gasteiger partial charge < -0.3 is 21.3 Å². The smallest absolute Gasteiger partial charge is 0.225 e. The van der Waals surface area contributed by atoms with E-state index in [-0.39, 0.29) is 34.6 Å². The van der Waals surface area contributed by atoms with Crippen LogP contribution in [0.15, 0.2) is 48.7 Å². The number of primary amides is 1. The largest absolute Gasteiger partial charge is 0.369 e. The standard InChI is InChI=1S/C29H31ClF2N8O/c30-22-13-18(31)14-23(32)25(22)37-29-36-24-15-34-28(35-19-5-4-12-39(16-19)20-6-2-1-3-7-20)38-27(24)40(29)21-10-8-17(9-11-21)26(33)41/h1-3,6-7,13-15,17,19,21H,4-5,8-12,16H2,(H2,33,41)(H,36,37)(H,34,35,38)/t17-,19-,21-/m1/s1. The molecule has 1 aliphatic carbocycles. The number of carbonyl (C=O) groups excluding carboxylic acids is 1. The summed E-state index contributed by atoms with van der Waals surface area (Å²) in [4.78, 5) is 28.2. The first kappa shape index (κ1) is 27.2. The molecular formula is C29H31ClF2N8O. The van der Waals surface area contributed by atoms with Crippen LogP contribution in [0.2, 0.25) is 5.02 Å². The molecule has 0 radical (unpaired) electrons. The summed E-state index contributed by atoms with van der Waals surface area (Å²) < 4.78 is 30.3. The Balaban J connectivity index is 1.31. The number of benzene rings is 2. The second-order valence-corrected chi connectivity index (χ2v) is 11.2. The number of imidazole rings is 1. The zero-order chi connectivity index (χ0) is 28.5. The van der Waals surface area contributed by atoms with Gasteiger partial charge in [0.25, 0.3) is 0 Å². The van der Waals surface area contributed by atoms with E-state index in [2.05, 4.69) is 37.6 Å². The van der Waals surface area contributed by atoms with E-state index in [1.54, 1.807) is 6.20 Å². The van der Waals surface area contributed by atoms with Gasteiger partial charge in [-0.15, -0.1) is 0 Å². The van der Waals surface area contributed by atoms with Crippen LogP contribution >= 0.6 is 11.6 Å². The lowest BCUT2D eigenvalue weighted by Crippen LogP contribution is -2.42. The zero-order valence-electron chi connectivity index (χ0n) is 22.4. The van der Waals surface area contributed by atoms with E-state index in [1.165, 1.54) is 5.69 Å². The molecule has 2 aromatic heterocycles. The Morgan fingerprint density at radius 1 is 1.05 bits per heavy atom. The summed E-state index contributed by atoms with van der Waals surface area (Å²) in [6, 6.07) is 12.2. The van der Waals surface area contributed by atoms with Gasteiger partial charge in [0, 0.05) is 42.8 Å². The molecule has 2 fully saturated rings. The number of halogens is 3. The normalized spacial score (nSPS) is 21.1. The monoisotopic (exact) mass is 580 g/mol. The SMILES string of the molecule is NC(=O)[C@H]1CC[C@H](n2c(Nc3c(F)cc(F)cc3Cl)nc3cnc(N[C@@H]4CCCN(c5ccccc5)C4)nc32)CC1. The van der Waals surface area contributed by atoms with Crippen molar-refractivity contribution in [2.45, 2.75) is 50.6 Å². The number of carbonyl (C=O) groups is 1. The van der Waals surface area contributed by atoms with Crippen molar-refractivity contribution in [3.8, 4) is 0 Å². The molecule has 1 atom stereocenters. The van der Waals surface area contributed by atoms with Gasteiger partial charge in [0.1, 0.15) is 11.3 Å². The molecule has 3 heterocycles. The minimum atomic E-state index is -0.834. The van der Waals surface area contributed by atoms with Crippen molar-refractivity contribution < 1.29 is 13.6 Å². The van der Waals surface area contributed by atoms with E-state index in [1.807, 2.05) is 22.8 Å². The molecule has 6 rings (SSSR count). The third-order valence-corrected chi connectivity index (χ3v) is 8.31. The van der Waals surface area contributed by atoms with Crippen LogP contribution in [0.5, 0.6) is 0 Å². The molecular weight excluding hydrogens is 550 g/mol. The van der Waals surface area contributed by atoms with Crippen LogP contribution in [0.25, 0.3) is 11.2 Å². The van der Waals surface area contributed by atoms with Crippen molar-refractivity contribution in [2.24, 2.45) is 11.7 Å². The summed E-state index contributed by atoms with van der Waals surface area (Å²) in [7, 11) is 0. The first-order valence-corrected chi connectivity index (χ1v) is 14.3. The summed E-state index contributed by atoms with van der Waals surface area (Å²) in [6.07, 6.45) is 6.23. The predicted octanol–water partition coefficient (Wildman–Crippen LogP) is 5.80. The van der Waals surface area contributed by atoms with E-state index in [0.29, 0.717) is 48.7 Å². The van der Waals surface area contributed by atoms with E-state index in [0.717, 1.165) is 38.1 Å². The van der Waals surface area contributed by atoms with Gasteiger partial charge in [-0.05, 0) is 56.7 Å². The second-order valence-electron chi connectivity index (χ2n) is 10.8. The summed E-state index contributed by atoms with van der Waals surface area (Å²) >= 11 is 6.19. The Labute approximate surface area is 241 Å². The number of aromatic nitrogens is 4. The molecule has 1 amide bonds. The quantitative estimate of drug-likeness (QED) is 0.253. The fourth-order valence-electron chi connectivity index (χ4n) is 5.94. The lowest BCUT2D eigenvalue weighted by molar-refractivity contribution is -0.122. The number of hydrogen-bond donors (Lipinski definition) is 3. The molecule has 1 saturated heterocycles. The maximum Gasteiger partial charge on any atom is 0.225 e. The number of anilines is 4. The van der Waals surface area contributed by atoms with Gasteiger partial charge in [-0.1, -0.05) is 29.8 Å². The molecule has 41 heavy (non-hydrogen) atoms. The highest BCUT2D eigenvalue weighted by atomic mass is 35.5. The number of hydrogen-bond acceptors (Lipinski definition) is 7. The van der Waals surface area contributed by atoms with Gasteiger partial charge in [-0.25, -0.2) is 18.7 Å². The molecule has 0 spiro atoms. The van der Waals surface area contributed by atoms with Crippen LogP contribution in [-0.4, -0.2) is 44.6 Å². The minimum Gasteiger partial charge on any atom is -0.369 e. The van der Waals surface area contributed by atoms with Crippen molar-refractivity contribution in [2.75, 3.05) is 28.6 Å². The molecule has 214 valence electrons. The number of amides is 1. The molecule has 1 aliphatic heterocycles. The Morgan fingerprint density at radius 2 is 1.83 bits per heavy atom. The predicted molar refractivity (Wildman–Crippen MR) is 155 cm³/mol. The number of fused-ring (bicyclic) bond motifs is 1. The summed E-state index contributed by atoms with van der Waals surface area (Å²) in [5, 5.41) is 6.37. The highest BCUT2D eigenvalue weighted by Crippen LogP contribution is 2.38. The van der Waals surface area contributed by atoms with Gasteiger partial charge >= 0.3 is 0 Å². The number of nitrogens with zero attached hydrogens (tertiary/aromatic N) is 5. The molecule has 9 nitrogen and oxygen atoms in total. The number of rotatable bonds is 7. The van der Waals surface area contributed by atoms with Crippen molar-refractivity contribution in [3.05, 3.63) is 65.3 Å². The van der Waals surface area contributed by atoms with Gasteiger partial charge in [0.05, 0.1) is 16.9 Å². The first-order chi connectivity index (χ1) is 19.9. The molecule has 2 aliphatic rings. The average Bonchev–Trinajstić information content (AvgIpc) is 3.33. The molecule has 4 N–H and O–H groups in total. The number of piperidine rings is 1. The summed E-state index contributed by atoms with van der Waals surface area (Å²) in [5.74, 6) is -1.31. The Bertz CT molecular complexity index is 1530. The van der Waals surface area contributed by atoms with Crippen LogP contribution in [0, 0.1) is 17.6 Å². The number of nitrogens with two attached hydrogens (primary N) is 1. The van der Waals surface area contributed by atoms with E-state index < -0.39 is 11.6 Å². The fourth-order valence-corrected chi connectivity index (χ4v) is 6.18. The molecule has 0 unspecified atom stereocenters. The van der Waals surface area contributed by atoms with E-state index >= 15 is 0 Å². The van der Waals surface area contributed by atoms with Gasteiger partial charge in [-0.3, -0.25) is 9.36 Å². The first-order valence-electron chi connectivity index (χ1n) is 13.9. The van der Waals surface area contributed by atoms with Crippen LogP contribution in [-0.2, 0) is 4.79 Å². The van der Waals surface area contributed by atoms with Gasteiger partial charge in [0.15, 0.2) is 11.5 Å². The van der Waals surface area contributed by atoms with Crippen molar-refractivity contribution in [1.82, 2.24) is 19.5 Å². The number of para-hydroxylation sites is 1. The fraction of sp³-hybridized carbons (Fsp3) is 0.379. The third-order valence-electron chi connectivity index (χ3n) is 8.02. The second kappa shape index (κ2) is 11.5. The van der Waals surface area contributed by atoms with E-state index in [4.69, 9.17) is 22.3 Å². The van der Waals surface area contributed by atoms with Crippen molar-refractivity contribution in [3.63, 3.8) is 0 Å². The topological polar surface area (TPSA) is 114 Å². The Morgan fingerprint density at radius 3 is 2.56 bits per heavy atom. The minimum absolute atomic E-state index is 0.0774. The summed E-state index contributed by atoms with van der Waals surface area (Å²) in [5.41, 5.74) is 7.76. The van der Waals surface area contributed by atoms with Crippen LogP contribution in [0.4, 0.5) is 32.1 Å². The lowest BCUT2D eigenvalue weighted by Gasteiger charge is -2.34. The molecule has 4 aromatic rings. The van der Waals surface area contributed by atoms with Gasteiger partial charge in [0.2, 0.25) is 17.8 Å².